The van der Waals surface area contributed by atoms with Gasteiger partial charge < -0.3 is 10.3 Å². The van der Waals surface area contributed by atoms with Crippen LogP contribution >= 0.6 is 23.2 Å². The first kappa shape index (κ1) is 22.4. The molecule has 0 radical (unpaired) electrons. The first-order valence-corrected chi connectivity index (χ1v) is 11.1. The van der Waals surface area contributed by atoms with Gasteiger partial charge >= 0.3 is 0 Å². The Bertz CT molecular complexity index is 1210. The monoisotopic (exact) mass is 471 g/mol. The highest BCUT2D eigenvalue weighted by Gasteiger charge is 2.32. The lowest BCUT2D eigenvalue weighted by atomic mass is 9.83. The summed E-state index contributed by atoms with van der Waals surface area (Å²) in [5, 5.41) is 7.01. The van der Waals surface area contributed by atoms with Crippen molar-refractivity contribution in [2.75, 3.05) is 0 Å². The molecule has 0 aliphatic carbocycles. The highest BCUT2D eigenvalue weighted by molar-refractivity contribution is 6.36. The molecule has 4 rings (SSSR count). The summed E-state index contributed by atoms with van der Waals surface area (Å²) in [6.07, 6.45) is 2.47. The van der Waals surface area contributed by atoms with Gasteiger partial charge in [-0.3, -0.25) is 19.7 Å². The van der Waals surface area contributed by atoms with Gasteiger partial charge in [0, 0.05) is 40.3 Å². The molecule has 2 heterocycles. The number of hydrogen-bond acceptors (Lipinski definition) is 3. The molecule has 166 valence electrons. The highest BCUT2D eigenvalue weighted by Crippen LogP contribution is 2.37. The van der Waals surface area contributed by atoms with Crippen molar-refractivity contribution >= 4 is 51.8 Å². The quantitative estimate of drug-likeness (QED) is 0.475. The normalized spacial score (nSPS) is 16.8. The first-order valence-electron chi connectivity index (χ1n) is 10.3. The van der Waals surface area contributed by atoms with Crippen LogP contribution in [-0.4, -0.2) is 22.7 Å². The number of aromatic nitrogens is 1. The molecule has 1 aliphatic rings. The maximum Gasteiger partial charge on any atom is 0.234 e. The second-order valence-corrected chi connectivity index (χ2v) is 9.38. The molecule has 1 aromatic heterocycles. The standard InChI is InChI=1S/C24H23Cl2N3O3/c1-24(2,15-3-5-19-14(11-15)7-8-27-19)23(32)28-12-13-9-17(25)21(18(26)10-13)16-4-6-20(30)29-22(16)31/h3,5,7-11,16,27H,4,6,12H2,1-2H3,(H,28,32)(H,29,30,31). The number of hydrogen-bond donors (Lipinski definition) is 3. The molecule has 0 saturated carbocycles. The minimum absolute atomic E-state index is 0.131. The van der Waals surface area contributed by atoms with Gasteiger partial charge in [-0.05, 0) is 67.1 Å². The fourth-order valence-electron chi connectivity index (χ4n) is 4.02. The number of benzene rings is 2. The molecule has 0 bridgehead atoms. The van der Waals surface area contributed by atoms with E-state index in [0.717, 1.165) is 22.0 Å². The van der Waals surface area contributed by atoms with Crippen molar-refractivity contribution < 1.29 is 14.4 Å². The molecule has 3 aromatic rings. The van der Waals surface area contributed by atoms with Crippen molar-refractivity contribution in [2.45, 2.75) is 44.6 Å². The number of fused-ring (bicyclic) bond motifs is 1. The fraction of sp³-hybridized carbons (Fsp3) is 0.292. The Labute approximate surface area is 195 Å². The van der Waals surface area contributed by atoms with Gasteiger partial charge in [-0.25, -0.2) is 0 Å². The number of rotatable bonds is 5. The Kier molecular flexibility index (Phi) is 6.01. The van der Waals surface area contributed by atoms with Crippen LogP contribution in [0.25, 0.3) is 10.9 Å². The molecule has 32 heavy (non-hydrogen) atoms. The lowest BCUT2D eigenvalue weighted by Crippen LogP contribution is -2.40. The van der Waals surface area contributed by atoms with E-state index in [1.54, 1.807) is 12.1 Å². The van der Waals surface area contributed by atoms with E-state index in [9.17, 15) is 14.4 Å². The molecule has 1 aliphatic heterocycles. The predicted octanol–water partition coefficient (Wildman–Crippen LogP) is 4.59. The third kappa shape index (κ3) is 4.25. The summed E-state index contributed by atoms with van der Waals surface area (Å²) in [4.78, 5) is 39.8. The number of halogens is 2. The molecule has 3 amide bonds. The van der Waals surface area contributed by atoms with Crippen LogP contribution in [0.1, 0.15) is 49.3 Å². The molecular weight excluding hydrogens is 449 g/mol. The van der Waals surface area contributed by atoms with Crippen LogP contribution in [0, 0.1) is 0 Å². The number of carbonyl (C=O) groups excluding carboxylic acids is 3. The van der Waals surface area contributed by atoms with Crippen molar-refractivity contribution in [1.82, 2.24) is 15.6 Å². The largest absolute Gasteiger partial charge is 0.361 e. The Morgan fingerprint density at radius 2 is 1.84 bits per heavy atom. The Balaban J connectivity index is 1.49. The van der Waals surface area contributed by atoms with E-state index in [1.807, 2.05) is 44.3 Å². The third-order valence-corrected chi connectivity index (χ3v) is 6.65. The molecule has 0 spiro atoms. The summed E-state index contributed by atoms with van der Waals surface area (Å²) < 4.78 is 0. The van der Waals surface area contributed by atoms with Crippen molar-refractivity contribution in [1.29, 1.82) is 0 Å². The Morgan fingerprint density at radius 1 is 1.12 bits per heavy atom. The minimum atomic E-state index is -0.744. The van der Waals surface area contributed by atoms with E-state index in [1.165, 1.54) is 0 Å². The Morgan fingerprint density at radius 3 is 2.53 bits per heavy atom. The van der Waals surface area contributed by atoms with Crippen LogP contribution in [0.5, 0.6) is 0 Å². The fourth-order valence-corrected chi connectivity index (χ4v) is 4.81. The summed E-state index contributed by atoms with van der Waals surface area (Å²) in [6.45, 7) is 3.99. The number of H-pyrrole nitrogens is 1. The summed E-state index contributed by atoms with van der Waals surface area (Å²) in [7, 11) is 0. The molecule has 2 aromatic carbocycles. The molecular formula is C24H23Cl2N3O3. The van der Waals surface area contributed by atoms with Crippen LogP contribution in [0.2, 0.25) is 10.0 Å². The van der Waals surface area contributed by atoms with Gasteiger partial charge in [0.05, 0.1) is 11.3 Å². The number of carbonyl (C=O) groups is 3. The van der Waals surface area contributed by atoms with Crippen molar-refractivity contribution in [3.63, 3.8) is 0 Å². The lowest BCUT2D eigenvalue weighted by molar-refractivity contribution is -0.134. The van der Waals surface area contributed by atoms with Gasteiger partial charge in [0.2, 0.25) is 17.7 Å². The summed E-state index contributed by atoms with van der Waals surface area (Å²) in [5.74, 6) is -1.39. The Hall–Kier alpha value is -2.83. The number of piperidine rings is 1. The number of nitrogens with one attached hydrogen (secondary N) is 3. The SMILES string of the molecule is CC(C)(C(=O)NCc1cc(Cl)c(C2CCC(=O)NC2=O)c(Cl)c1)c1ccc2[nH]ccc2c1. The first-order chi connectivity index (χ1) is 15.2. The second kappa shape index (κ2) is 8.60. The molecule has 3 N–H and O–H groups in total. The van der Waals surface area contributed by atoms with E-state index in [2.05, 4.69) is 15.6 Å². The molecule has 8 heteroatoms. The smallest absolute Gasteiger partial charge is 0.234 e. The van der Waals surface area contributed by atoms with Gasteiger partial charge in [-0.2, -0.15) is 0 Å². The van der Waals surface area contributed by atoms with E-state index in [0.29, 0.717) is 22.0 Å². The van der Waals surface area contributed by atoms with Gasteiger partial charge in [-0.15, -0.1) is 0 Å². The van der Waals surface area contributed by atoms with Gasteiger partial charge in [-0.1, -0.05) is 29.3 Å². The van der Waals surface area contributed by atoms with Crippen molar-refractivity contribution in [2.24, 2.45) is 0 Å². The molecule has 1 fully saturated rings. The zero-order valence-corrected chi connectivity index (χ0v) is 19.2. The average Bonchev–Trinajstić information content (AvgIpc) is 3.21. The van der Waals surface area contributed by atoms with Crippen LogP contribution in [0.4, 0.5) is 0 Å². The highest BCUT2D eigenvalue weighted by atomic mass is 35.5. The molecule has 6 nitrogen and oxygen atoms in total. The topological polar surface area (TPSA) is 91.1 Å². The van der Waals surface area contributed by atoms with Crippen LogP contribution in [0.15, 0.2) is 42.6 Å². The van der Waals surface area contributed by atoms with Crippen LogP contribution in [0.3, 0.4) is 0 Å². The van der Waals surface area contributed by atoms with E-state index in [4.69, 9.17) is 23.2 Å². The van der Waals surface area contributed by atoms with Crippen molar-refractivity contribution in [3.05, 3.63) is 69.3 Å². The van der Waals surface area contributed by atoms with Crippen LogP contribution in [-0.2, 0) is 26.3 Å². The lowest BCUT2D eigenvalue weighted by Gasteiger charge is -2.25. The van der Waals surface area contributed by atoms with E-state index in [-0.39, 0.29) is 24.8 Å². The maximum atomic E-state index is 13.0. The predicted molar refractivity (Wildman–Crippen MR) is 125 cm³/mol. The van der Waals surface area contributed by atoms with E-state index >= 15 is 0 Å². The van der Waals surface area contributed by atoms with Gasteiger partial charge in [0.25, 0.3) is 0 Å². The number of imide groups is 1. The number of amides is 3. The molecule has 1 unspecified atom stereocenters. The molecule has 1 atom stereocenters. The zero-order chi connectivity index (χ0) is 23.0. The van der Waals surface area contributed by atoms with Crippen LogP contribution < -0.4 is 10.6 Å². The average molecular weight is 472 g/mol. The van der Waals surface area contributed by atoms with Gasteiger partial charge in [0.1, 0.15) is 0 Å². The maximum absolute atomic E-state index is 13.0. The van der Waals surface area contributed by atoms with Crippen molar-refractivity contribution in [3.8, 4) is 0 Å². The zero-order valence-electron chi connectivity index (χ0n) is 17.7. The number of aromatic amines is 1. The minimum Gasteiger partial charge on any atom is -0.361 e. The third-order valence-electron chi connectivity index (χ3n) is 6.02. The summed E-state index contributed by atoms with van der Waals surface area (Å²) >= 11 is 12.9. The van der Waals surface area contributed by atoms with E-state index < -0.39 is 17.2 Å². The summed E-state index contributed by atoms with van der Waals surface area (Å²) in [5.41, 5.74) is 2.41. The molecule has 1 saturated heterocycles. The van der Waals surface area contributed by atoms with Gasteiger partial charge in [0.15, 0.2) is 0 Å². The summed E-state index contributed by atoms with van der Waals surface area (Å²) in [6, 6.07) is 11.3. The second-order valence-electron chi connectivity index (χ2n) is 8.56.